The maximum Gasteiger partial charge on any atom is 0.311 e. The largest absolute Gasteiger partial charge is 0.508 e. The molecule has 3 aromatic heterocycles. The number of esters is 1. The molecule has 2 amide bonds. The number of aromatic amines is 1. The summed E-state index contributed by atoms with van der Waals surface area (Å²) in [6, 6.07) is 32.5. The minimum Gasteiger partial charge on any atom is -0.508 e. The van der Waals surface area contributed by atoms with Crippen LogP contribution < -0.4 is 24.8 Å². The zero-order chi connectivity index (χ0) is 55.2. The van der Waals surface area contributed by atoms with Crippen molar-refractivity contribution in [2.45, 2.75) is 66.5 Å². The van der Waals surface area contributed by atoms with Gasteiger partial charge in [0.05, 0.1) is 17.5 Å². The van der Waals surface area contributed by atoms with Crippen molar-refractivity contribution in [1.82, 2.24) is 39.6 Å². The van der Waals surface area contributed by atoms with E-state index in [4.69, 9.17) is 14.2 Å². The van der Waals surface area contributed by atoms with Crippen LogP contribution in [0.4, 0.5) is 11.4 Å². The summed E-state index contributed by atoms with van der Waals surface area (Å²) in [6.07, 6.45) is 1.94. The van der Waals surface area contributed by atoms with Crippen molar-refractivity contribution >= 4 is 51.0 Å². The van der Waals surface area contributed by atoms with Gasteiger partial charge < -0.3 is 54.0 Å². The first kappa shape index (κ1) is 53.8. The quantitative estimate of drug-likeness (QED) is 0.0335. The summed E-state index contributed by atoms with van der Waals surface area (Å²) in [6.45, 7) is 12.3. The maximum absolute atomic E-state index is 13.9. The highest BCUT2D eigenvalue weighted by molar-refractivity contribution is 6.07. The molecule has 0 aliphatic rings. The molecular formula is C60H64N10O8. The van der Waals surface area contributed by atoms with Gasteiger partial charge in [-0.25, -0.2) is 0 Å². The summed E-state index contributed by atoms with van der Waals surface area (Å²) in [7, 11) is 8.30. The van der Waals surface area contributed by atoms with Gasteiger partial charge in [0.2, 0.25) is 5.82 Å². The Kier molecular flexibility index (Phi) is 16.2. The number of phenols is 2. The molecule has 0 bridgehead atoms. The number of anilines is 2. The van der Waals surface area contributed by atoms with Crippen LogP contribution in [0.1, 0.15) is 68.1 Å². The van der Waals surface area contributed by atoms with Gasteiger partial charge in [0, 0.05) is 81.4 Å². The van der Waals surface area contributed by atoms with Crippen LogP contribution in [0.2, 0.25) is 0 Å². The van der Waals surface area contributed by atoms with Gasteiger partial charge in [-0.15, -0.1) is 10.2 Å². The van der Waals surface area contributed by atoms with Gasteiger partial charge in [-0.3, -0.25) is 14.4 Å². The average Bonchev–Trinajstić information content (AvgIpc) is 4.16. The fraction of sp³-hybridized carbons (Fsp3) is 0.267. The molecule has 9 rings (SSSR count). The molecule has 402 valence electrons. The highest BCUT2D eigenvalue weighted by Gasteiger charge is 2.21. The normalized spacial score (nSPS) is 11.5. The Morgan fingerprint density at radius 1 is 0.615 bits per heavy atom. The van der Waals surface area contributed by atoms with Gasteiger partial charge in [0.25, 0.3) is 11.8 Å². The second-order valence-electron chi connectivity index (χ2n) is 20.0. The number of tetrazole rings is 1. The van der Waals surface area contributed by atoms with Crippen molar-refractivity contribution in [3.63, 3.8) is 0 Å². The summed E-state index contributed by atoms with van der Waals surface area (Å²) in [5, 5.41) is 43.3. The SMILES string of the molecule is Cc1c(C)n(CCCN(C)C)c2ccc(Oc3ccc(C(=O)Nc4ccc(CCC(=O)Oc5cc(Oc6ccc7c(c6)c(C)c(C)n7CCCN(C)C)ccc5C(=O)Nc5ccc(-c6nn[nH]n6)c(O)c5)c(O)c4)cc3)cc12. The zero-order valence-corrected chi connectivity index (χ0v) is 45.1. The van der Waals surface area contributed by atoms with E-state index in [0.29, 0.717) is 45.4 Å². The van der Waals surface area contributed by atoms with Crippen LogP contribution in [-0.4, -0.2) is 109 Å². The number of nitrogens with zero attached hydrogens (tertiary/aromatic N) is 7. The molecule has 78 heavy (non-hydrogen) atoms. The summed E-state index contributed by atoms with van der Waals surface area (Å²) < 4.78 is 23.2. The Bertz CT molecular complexity index is 3660. The molecule has 0 radical (unpaired) electrons. The van der Waals surface area contributed by atoms with Crippen LogP contribution in [0.25, 0.3) is 33.2 Å². The molecule has 0 spiro atoms. The summed E-state index contributed by atoms with van der Waals surface area (Å²) in [4.78, 5) is 45.3. The lowest BCUT2D eigenvalue weighted by atomic mass is 10.1. The number of hydrogen-bond acceptors (Lipinski definition) is 13. The first-order valence-electron chi connectivity index (χ1n) is 25.8. The van der Waals surface area contributed by atoms with E-state index in [0.717, 1.165) is 60.9 Å². The highest BCUT2D eigenvalue weighted by atomic mass is 16.5. The summed E-state index contributed by atoms with van der Waals surface area (Å²) >= 11 is 0. The number of carbonyl (C=O) groups excluding carboxylic acids is 3. The summed E-state index contributed by atoms with van der Waals surface area (Å²) in [5.41, 5.74) is 8.78. The Morgan fingerprint density at radius 3 is 1.72 bits per heavy atom. The predicted molar refractivity (Wildman–Crippen MR) is 301 cm³/mol. The molecule has 0 saturated heterocycles. The van der Waals surface area contributed by atoms with Crippen LogP contribution in [-0.2, 0) is 24.3 Å². The number of phenolic OH excluding ortho intramolecular Hbond substituents is 2. The van der Waals surface area contributed by atoms with Crippen LogP contribution in [0.3, 0.4) is 0 Å². The first-order valence-corrected chi connectivity index (χ1v) is 25.8. The Balaban J connectivity index is 0.852. The lowest BCUT2D eigenvalue weighted by Crippen LogP contribution is -2.16. The van der Waals surface area contributed by atoms with Crippen molar-refractivity contribution in [3.05, 3.63) is 154 Å². The molecule has 0 fully saturated rings. The molecule has 0 saturated carbocycles. The minimum atomic E-state index is -0.688. The van der Waals surface area contributed by atoms with E-state index < -0.39 is 11.9 Å². The summed E-state index contributed by atoms with van der Waals surface area (Å²) in [5.74, 6) is 0.194. The fourth-order valence-electron chi connectivity index (χ4n) is 9.58. The number of ether oxygens (including phenoxy) is 3. The minimum absolute atomic E-state index is 0.0134. The molecule has 0 unspecified atom stereocenters. The fourth-order valence-corrected chi connectivity index (χ4v) is 9.58. The molecular weight excluding hydrogens is 989 g/mol. The van der Waals surface area contributed by atoms with E-state index in [1.54, 1.807) is 48.5 Å². The van der Waals surface area contributed by atoms with Crippen molar-refractivity contribution in [1.29, 1.82) is 0 Å². The van der Waals surface area contributed by atoms with Crippen molar-refractivity contribution in [3.8, 4) is 51.6 Å². The number of rotatable bonds is 21. The third-order valence-corrected chi connectivity index (χ3v) is 14.0. The van der Waals surface area contributed by atoms with Gasteiger partial charge in [-0.2, -0.15) is 5.21 Å². The second-order valence-corrected chi connectivity index (χ2v) is 20.0. The molecule has 3 heterocycles. The molecule has 0 aliphatic heterocycles. The van der Waals surface area contributed by atoms with Gasteiger partial charge in [-0.05, 0) is 201 Å². The number of aryl methyl sites for hydroxylation is 5. The topological polar surface area (TPSA) is 214 Å². The number of H-pyrrole nitrogens is 1. The number of hydrogen-bond donors (Lipinski definition) is 5. The number of nitrogens with one attached hydrogen (secondary N) is 3. The number of aromatic hydroxyl groups is 2. The maximum atomic E-state index is 13.9. The van der Waals surface area contributed by atoms with E-state index in [1.807, 2.05) is 24.3 Å². The second kappa shape index (κ2) is 23.5. The molecule has 9 aromatic rings. The highest BCUT2D eigenvalue weighted by Crippen LogP contribution is 2.36. The van der Waals surface area contributed by atoms with E-state index in [2.05, 4.69) is 118 Å². The Hall–Kier alpha value is -9.00. The van der Waals surface area contributed by atoms with Crippen LogP contribution in [0.15, 0.2) is 115 Å². The molecule has 0 aliphatic carbocycles. The lowest BCUT2D eigenvalue weighted by Gasteiger charge is -2.14. The molecule has 0 atom stereocenters. The smallest absolute Gasteiger partial charge is 0.311 e. The molecule has 18 heteroatoms. The number of aromatic nitrogens is 6. The van der Waals surface area contributed by atoms with Crippen molar-refractivity contribution in [2.24, 2.45) is 0 Å². The van der Waals surface area contributed by atoms with E-state index in [1.165, 1.54) is 52.8 Å². The van der Waals surface area contributed by atoms with E-state index >= 15 is 0 Å². The van der Waals surface area contributed by atoms with Crippen molar-refractivity contribution < 1.29 is 38.8 Å². The average molecular weight is 1050 g/mol. The van der Waals surface area contributed by atoms with Gasteiger partial charge in [0.1, 0.15) is 40.2 Å². The standard InChI is InChI=1S/C60H64N10O8/c1-36-38(3)69(29-9-27-67(5)6)52-24-20-45(33-50(36)52)76-44-17-12-41(13-18-44)59(74)61-42-15-11-40(54(71)31-42)14-26-57(73)78-56-35-47(77-46-21-25-53-51(34-46)37(2)39(4)70(53)30-10-28-68(7)8)19-23-49(56)60(75)62-43-16-22-48(55(72)32-43)58-63-65-66-64-58/h11-13,15-25,31-35,71-72H,9-10,14,26-30H2,1-8H3,(H,61,74)(H,62,75)(H,63,64,65,66). The van der Waals surface area contributed by atoms with E-state index in [9.17, 15) is 24.6 Å². The molecule has 5 N–H and O–H groups in total. The van der Waals surface area contributed by atoms with Crippen LogP contribution in [0.5, 0.6) is 40.2 Å². The van der Waals surface area contributed by atoms with Crippen LogP contribution >= 0.6 is 0 Å². The van der Waals surface area contributed by atoms with Gasteiger partial charge in [-0.1, -0.05) is 6.07 Å². The van der Waals surface area contributed by atoms with Crippen molar-refractivity contribution in [2.75, 3.05) is 51.9 Å². The number of fused-ring (bicyclic) bond motifs is 2. The zero-order valence-electron chi connectivity index (χ0n) is 45.1. The number of benzene rings is 6. The predicted octanol–water partition coefficient (Wildman–Crippen LogP) is 11.0. The van der Waals surface area contributed by atoms with E-state index in [-0.39, 0.29) is 53.1 Å². The van der Waals surface area contributed by atoms with Crippen LogP contribution in [0, 0.1) is 27.7 Å². The first-order chi connectivity index (χ1) is 37.5. The number of carbonyl (C=O) groups is 3. The third kappa shape index (κ3) is 12.3. The van der Waals surface area contributed by atoms with Gasteiger partial charge >= 0.3 is 5.97 Å². The Labute approximate surface area is 452 Å². The molecule has 6 aromatic carbocycles. The Morgan fingerprint density at radius 2 is 1.15 bits per heavy atom. The lowest BCUT2D eigenvalue weighted by molar-refractivity contribution is -0.134. The number of amides is 2. The third-order valence-electron chi connectivity index (χ3n) is 14.0. The monoisotopic (exact) mass is 1050 g/mol. The molecule has 18 nitrogen and oxygen atoms in total. The van der Waals surface area contributed by atoms with Gasteiger partial charge in [0.15, 0.2) is 0 Å².